The zero-order chi connectivity index (χ0) is 14.8. The second-order valence-electron chi connectivity index (χ2n) is 5.83. The summed E-state index contributed by atoms with van der Waals surface area (Å²) in [4.78, 5) is 0. The molecule has 0 saturated carbocycles. The number of benzene rings is 1. The second-order valence-corrected chi connectivity index (χ2v) is 8.06. The molecular weight excluding hydrogens is 274 g/mol. The summed E-state index contributed by atoms with van der Waals surface area (Å²) in [5.74, 6) is 1.45. The monoisotopic (exact) mass is 297 g/mol. The summed E-state index contributed by atoms with van der Waals surface area (Å²) < 4.78 is 29.9. The molecule has 1 aliphatic heterocycles. The molecule has 0 aliphatic carbocycles. The van der Waals surface area contributed by atoms with Crippen molar-refractivity contribution in [3.8, 4) is 5.75 Å². The van der Waals surface area contributed by atoms with Crippen molar-refractivity contribution in [2.75, 3.05) is 19.4 Å². The standard InChI is InChI=1S/C15H23NO3S/c1-11(2)9-16-13-8-15(20(17,18)10-13)12-5-4-6-14(7-12)19-3/h4-7,11,13,15-16H,8-10H2,1-3H3/t13?,15-/m1/s1. The molecule has 4 nitrogen and oxygen atoms in total. The molecule has 2 atom stereocenters. The number of hydrogen-bond acceptors (Lipinski definition) is 4. The Hall–Kier alpha value is -1.07. The molecule has 1 aliphatic rings. The molecule has 1 unspecified atom stereocenters. The van der Waals surface area contributed by atoms with E-state index < -0.39 is 15.1 Å². The highest BCUT2D eigenvalue weighted by molar-refractivity contribution is 7.92. The Bertz CT molecular complexity index is 554. The molecule has 5 heteroatoms. The summed E-state index contributed by atoms with van der Waals surface area (Å²) in [6, 6.07) is 7.43. The second kappa shape index (κ2) is 6.14. The van der Waals surface area contributed by atoms with Gasteiger partial charge in [0.15, 0.2) is 9.84 Å². The maximum atomic E-state index is 12.3. The summed E-state index contributed by atoms with van der Waals surface area (Å²) in [5.41, 5.74) is 0.832. The first-order valence-corrected chi connectivity index (χ1v) is 8.73. The molecule has 0 bridgehead atoms. The Morgan fingerprint density at radius 3 is 2.80 bits per heavy atom. The van der Waals surface area contributed by atoms with E-state index in [2.05, 4.69) is 19.2 Å². The maximum Gasteiger partial charge on any atom is 0.158 e. The minimum Gasteiger partial charge on any atom is -0.497 e. The number of ether oxygens (including phenoxy) is 1. The van der Waals surface area contributed by atoms with E-state index in [1.165, 1.54) is 0 Å². The Morgan fingerprint density at radius 1 is 1.40 bits per heavy atom. The molecule has 0 amide bonds. The lowest BCUT2D eigenvalue weighted by Crippen LogP contribution is -2.32. The quantitative estimate of drug-likeness (QED) is 0.905. The van der Waals surface area contributed by atoms with Gasteiger partial charge in [-0.1, -0.05) is 26.0 Å². The van der Waals surface area contributed by atoms with Crippen molar-refractivity contribution in [3.05, 3.63) is 29.8 Å². The fraction of sp³-hybridized carbons (Fsp3) is 0.600. The van der Waals surface area contributed by atoms with E-state index in [4.69, 9.17) is 4.74 Å². The summed E-state index contributed by atoms with van der Waals surface area (Å²) in [7, 11) is -1.49. The van der Waals surface area contributed by atoms with Crippen LogP contribution in [0.1, 0.15) is 31.1 Å². The van der Waals surface area contributed by atoms with E-state index in [0.717, 1.165) is 12.1 Å². The highest BCUT2D eigenvalue weighted by atomic mass is 32.2. The number of methoxy groups -OCH3 is 1. The third-order valence-corrected chi connectivity index (χ3v) is 5.84. The highest BCUT2D eigenvalue weighted by Gasteiger charge is 2.39. The topological polar surface area (TPSA) is 55.4 Å². The van der Waals surface area contributed by atoms with Gasteiger partial charge in [0.1, 0.15) is 5.75 Å². The van der Waals surface area contributed by atoms with Crippen molar-refractivity contribution in [3.63, 3.8) is 0 Å². The largest absolute Gasteiger partial charge is 0.497 e. The first-order valence-electron chi connectivity index (χ1n) is 7.01. The van der Waals surface area contributed by atoms with Crippen LogP contribution < -0.4 is 10.1 Å². The van der Waals surface area contributed by atoms with Gasteiger partial charge < -0.3 is 10.1 Å². The molecule has 1 saturated heterocycles. The van der Waals surface area contributed by atoms with Crippen molar-refractivity contribution in [1.82, 2.24) is 5.32 Å². The van der Waals surface area contributed by atoms with Gasteiger partial charge in [0.2, 0.25) is 0 Å². The van der Waals surface area contributed by atoms with E-state index in [0.29, 0.717) is 18.1 Å². The average Bonchev–Trinajstić information content (AvgIpc) is 2.71. The number of nitrogens with one attached hydrogen (secondary N) is 1. The zero-order valence-electron chi connectivity index (χ0n) is 12.3. The van der Waals surface area contributed by atoms with Crippen LogP contribution in [-0.4, -0.2) is 33.9 Å². The SMILES string of the molecule is COc1cccc([C@H]2CC(NCC(C)C)CS2(=O)=O)c1. The van der Waals surface area contributed by atoms with Crippen molar-refractivity contribution in [2.45, 2.75) is 31.6 Å². The van der Waals surface area contributed by atoms with Crippen molar-refractivity contribution < 1.29 is 13.2 Å². The lowest BCUT2D eigenvalue weighted by atomic mass is 10.1. The van der Waals surface area contributed by atoms with Crippen LogP contribution in [0, 0.1) is 5.92 Å². The minimum atomic E-state index is -3.08. The van der Waals surface area contributed by atoms with Gasteiger partial charge in [0.05, 0.1) is 18.1 Å². The molecule has 1 fully saturated rings. The Morgan fingerprint density at radius 2 is 2.15 bits per heavy atom. The lowest BCUT2D eigenvalue weighted by Gasteiger charge is -2.13. The summed E-state index contributed by atoms with van der Waals surface area (Å²) in [5, 5.41) is 2.94. The molecule has 1 heterocycles. The maximum absolute atomic E-state index is 12.3. The third-order valence-electron chi connectivity index (χ3n) is 3.65. The third kappa shape index (κ3) is 3.52. The van der Waals surface area contributed by atoms with Gasteiger partial charge in [-0.25, -0.2) is 8.42 Å². The summed E-state index contributed by atoms with van der Waals surface area (Å²) >= 11 is 0. The van der Waals surface area contributed by atoms with Crippen LogP contribution in [0.5, 0.6) is 5.75 Å². The molecule has 20 heavy (non-hydrogen) atoms. The van der Waals surface area contributed by atoms with E-state index >= 15 is 0 Å². The lowest BCUT2D eigenvalue weighted by molar-refractivity contribution is 0.414. The van der Waals surface area contributed by atoms with Crippen LogP contribution in [0.2, 0.25) is 0 Å². The fourth-order valence-electron chi connectivity index (χ4n) is 2.60. The first kappa shape index (κ1) is 15.3. The van der Waals surface area contributed by atoms with Gasteiger partial charge >= 0.3 is 0 Å². The molecular formula is C15H23NO3S. The van der Waals surface area contributed by atoms with Gasteiger partial charge in [-0.3, -0.25) is 0 Å². The van der Waals surface area contributed by atoms with Crippen LogP contribution in [0.15, 0.2) is 24.3 Å². The molecule has 0 aromatic heterocycles. The highest BCUT2D eigenvalue weighted by Crippen LogP contribution is 2.36. The predicted octanol–water partition coefficient (Wildman–Crippen LogP) is 2.17. The minimum absolute atomic E-state index is 0.0543. The molecule has 1 aromatic carbocycles. The van der Waals surface area contributed by atoms with Crippen LogP contribution in [0.4, 0.5) is 0 Å². The first-order chi connectivity index (χ1) is 9.42. The molecule has 112 valence electrons. The van der Waals surface area contributed by atoms with Gasteiger partial charge in [0, 0.05) is 6.04 Å². The van der Waals surface area contributed by atoms with Crippen LogP contribution in [0.25, 0.3) is 0 Å². The van der Waals surface area contributed by atoms with Crippen LogP contribution in [-0.2, 0) is 9.84 Å². The van der Waals surface area contributed by atoms with Gasteiger partial charge in [-0.15, -0.1) is 0 Å². The zero-order valence-corrected chi connectivity index (χ0v) is 13.1. The molecule has 1 aromatic rings. The average molecular weight is 297 g/mol. The molecule has 0 radical (unpaired) electrons. The molecule has 1 N–H and O–H groups in total. The van der Waals surface area contributed by atoms with E-state index in [1.54, 1.807) is 7.11 Å². The van der Waals surface area contributed by atoms with Crippen LogP contribution in [0.3, 0.4) is 0 Å². The normalized spacial score (nSPS) is 25.0. The van der Waals surface area contributed by atoms with Crippen molar-refractivity contribution >= 4 is 9.84 Å². The van der Waals surface area contributed by atoms with Crippen molar-refractivity contribution in [1.29, 1.82) is 0 Å². The Balaban J connectivity index is 2.15. The summed E-state index contributed by atoms with van der Waals surface area (Å²) in [6.07, 6.45) is 0.641. The predicted molar refractivity (Wildman–Crippen MR) is 80.8 cm³/mol. The van der Waals surface area contributed by atoms with Crippen LogP contribution >= 0.6 is 0 Å². The van der Waals surface area contributed by atoms with Crippen molar-refractivity contribution in [2.24, 2.45) is 5.92 Å². The van der Waals surface area contributed by atoms with Gasteiger partial charge in [-0.2, -0.15) is 0 Å². The smallest absolute Gasteiger partial charge is 0.158 e. The van der Waals surface area contributed by atoms with Gasteiger partial charge in [-0.05, 0) is 36.6 Å². The van der Waals surface area contributed by atoms with Gasteiger partial charge in [0.25, 0.3) is 0 Å². The van der Waals surface area contributed by atoms with E-state index in [1.807, 2.05) is 24.3 Å². The summed E-state index contributed by atoms with van der Waals surface area (Å²) in [6.45, 7) is 5.09. The Labute approximate surface area is 121 Å². The number of sulfone groups is 1. The number of hydrogen-bond donors (Lipinski definition) is 1. The molecule has 0 spiro atoms. The Kier molecular flexibility index (Phi) is 4.70. The van der Waals surface area contributed by atoms with E-state index in [-0.39, 0.29) is 11.8 Å². The fourth-order valence-corrected chi connectivity index (χ4v) is 4.73. The number of rotatable bonds is 5. The molecule has 2 rings (SSSR count). The van der Waals surface area contributed by atoms with E-state index in [9.17, 15) is 8.42 Å².